The number of para-hydroxylation sites is 1. The Morgan fingerprint density at radius 2 is 1.66 bits per heavy atom. The summed E-state index contributed by atoms with van der Waals surface area (Å²) < 4.78 is 15.7. The first-order valence-corrected chi connectivity index (χ1v) is 9.34. The van der Waals surface area contributed by atoms with Crippen molar-refractivity contribution in [2.75, 3.05) is 5.32 Å². The van der Waals surface area contributed by atoms with Crippen LogP contribution in [-0.2, 0) is 6.54 Å². The maximum Gasteiger partial charge on any atom is 0.259 e. The summed E-state index contributed by atoms with van der Waals surface area (Å²) in [6.07, 6.45) is 1.71. The minimum absolute atomic E-state index is 0.142. The van der Waals surface area contributed by atoms with Crippen LogP contribution in [0.1, 0.15) is 21.5 Å². The Labute approximate surface area is 168 Å². The molecule has 1 aromatic heterocycles. The fourth-order valence-corrected chi connectivity index (χ4v) is 3.12. The third kappa shape index (κ3) is 4.24. The summed E-state index contributed by atoms with van der Waals surface area (Å²) in [5, 5.41) is 7.31. The van der Waals surface area contributed by atoms with Gasteiger partial charge in [-0.25, -0.2) is 4.39 Å². The molecule has 3 aromatic carbocycles. The molecule has 0 bridgehead atoms. The average molecular weight is 385 g/mol. The van der Waals surface area contributed by atoms with E-state index in [9.17, 15) is 9.18 Å². The lowest BCUT2D eigenvalue weighted by molar-refractivity contribution is 0.102. The Kier molecular flexibility index (Phi) is 5.20. The van der Waals surface area contributed by atoms with Gasteiger partial charge in [-0.15, -0.1) is 0 Å². The molecular weight excluding hydrogens is 365 g/mol. The molecule has 0 aliphatic heterocycles. The predicted molar refractivity (Wildman–Crippen MR) is 112 cm³/mol. The van der Waals surface area contributed by atoms with Crippen molar-refractivity contribution in [3.63, 3.8) is 0 Å². The van der Waals surface area contributed by atoms with Gasteiger partial charge < -0.3 is 5.32 Å². The molecule has 0 saturated heterocycles. The van der Waals surface area contributed by atoms with Crippen molar-refractivity contribution in [1.82, 2.24) is 9.78 Å². The van der Waals surface area contributed by atoms with E-state index in [1.54, 1.807) is 23.0 Å². The second kappa shape index (κ2) is 8.10. The molecule has 29 heavy (non-hydrogen) atoms. The number of halogens is 1. The molecule has 4 aromatic rings. The lowest BCUT2D eigenvalue weighted by Crippen LogP contribution is -2.13. The number of anilines is 1. The highest BCUT2D eigenvalue weighted by Crippen LogP contribution is 2.24. The van der Waals surface area contributed by atoms with E-state index in [-0.39, 0.29) is 5.69 Å². The third-order valence-electron chi connectivity index (χ3n) is 4.64. The number of aromatic nitrogens is 2. The van der Waals surface area contributed by atoms with Crippen LogP contribution in [0, 0.1) is 12.7 Å². The monoisotopic (exact) mass is 385 g/mol. The zero-order chi connectivity index (χ0) is 20.2. The Morgan fingerprint density at radius 3 is 2.38 bits per heavy atom. The minimum atomic E-state index is -0.477. The maximum atomic E-state index is 14.0. The standard InChI is InChI=1S/C24H20FN3O/c1-17-11-13-19(14-12-17)23-20(24(29)26-22-10-6-5-9-21(22)25)16-28(27-23)15-18-7-3-2-4-8-18/h2-14,16H,15H2,1H3,(H,26,29). The summed E-state index contributed by atoms with van der Waals surface area (Å²) >= 11 is 0. The second-order valence-electron chi connectivity index (χ2n) is 6.87. The van der Waals surface area contributed by atoms with Gasteiger partial charge in [0.2, 0.25) is 0 Å². The number of hydrogen-bond acceptors (Lipinski definition) is 2. The van der Waals surface area contributed by atoms with E-state index < -0.39 is 11.7 Å². The lowest BCUT2D eigenvalue weighted by atomic mass is 10.1. The summed E-state index contributed by atoms with van der Waals surface area (Å²) in [5.74, 6) is -0.876. The zero-order valence-corrected chi connectivity index (χ0v) is 16.0. The quantitative estimate of drug-likeness (QED) is 0.507. The molecule has 1 heterocycles. The van der Waals surface area contributed by atoms with E-state index in [0.29, 0.717) is 17.8 Å². The van der Waals surface area contributed by atoms with Crippen LogP contribution in [0.2, 0.25) is 0 Å². The number of amides is 1. The van der Waals surface area contributed by atoms with Crippen LogP contribution in [0.25, 0.3) is 11.3 Å². The number of rotatable bonds is 5. The molecule has 4 nitrogen and oxygen atoms in total. The van der Waals surface area contributed by atoms with Crippen molar-refractivity contribution in [3.05, 3.63) is 108 Å². The van der Waals surface area contributed by atoms with Gasteiger partial charge in [0, 0.05) is 11.8 Å². The Bertz CT molecular complexity index is 1130. The van der Waals surface area contributed by atoms with Crippen molar-refractivity contribution in [1.29, 1.82) is 0 Å². The first-order chi connectivity index (χ1) is 14.1. The SMILES string of the molecule is Cc1ccc(-c2nn(Cc3ccccc3)cc2C(=O)Nc2ccccc2F)cc1. The first kappa shape index (κ1) is 18.6. The number of carbonyl (C=O) groups excluding carboxylic acids is 1. The molecule has 0 spiro atoms. The molecule has 0 unspecified atom stereocenters. The van der Waals surface area contributed by atoms with Crippen molar-refractivity contribution in [2.45, 2.75) is 13.5 Å². The van der Waals surface area contributed by atoms with Crippen molar-refractivity contribution < 1.29 is 9.18 Å². The predicted octanol–water partition coefficient (Wildman–Crippen LogP) is 5.30. The van der Waals surface area contributed by atoms with Crippen LogP contribution >= 0.6 is 0 Å². The molecule has 0 radical (unpaired) electrons. The van der Waals surface area contributed by atoms with Gasteiger partial charge in [0.05, 0.1) is 17.8 Å². The Hall–Kier alpha value is -3.73. The molecule has 0 aliphatic rings. The smallest absolute Gasteiger partial charge is 0.259 e. The van der Waals surface area contributed by atoms with E-state index in [1.165, 1.54) is 12.1 Å². The third-order valence-corrected chi connectivity index (χ3v) is 4.64. The molecule has 144 valence electrons. The highest BCUT2D eigenvalue weighted by Gasteiger charge is 2.19. The Morgan fingerprint density at radius 1 is 0.966 bits per heavy atom. The van der Waals surface area contributed by atoms with Gasteiger partial charge in [-0.05, 0) is 24.6 Å². The van der Waals surface area contributed by atoms with Gasteiger partial charge in [0.25, 0.3) is 5.91 Å². The summed E-state index contributed by atoms with van der Waals surface area (Å²) in [7, 11) is 0. The Balaban J connectivity index is 1.71. The summed E-state index contributed by atoms with van der Waals surface area (Å²) in [6, 6.07) is 23.8. The van der Waals surface area contributed by atoms with E-state index in [1.807, 2.05) is 61.5 Å². The minimum Gasteiger partial charge on any atom is -0.319 e. The molecule has 5 heteroatoms. The van der Waals surface area contributed by atoms with Crippen LogP contribution in [0.5, 0.6) is 0 Å². The largest absolute Gasteiger partial charge is 0.319 e. The van der Waals surface area contributed by atoms with Gasteiger partial charge in [0.1, 0.15) is 11.5 Å². The highest BCUT2D eigenvalue weighted by atomic mass is 19.1. The maximum absolute atomic E-state index is 14.0. The summed E-state index contributed by atoms with van der Waals surface area (Å²) in [4.78, 5) is 13.0. The van der Waals surface area contributed by atoms with Gasteiger partial charge in [-0.2, -0.15) is 5.10 Å². The molecule has 0 fully saturated rings. The van der Waals surface area contributed by atoms with Crippen molar-refractivity contribution in [2.24, 2.45) is 0 Å². The van der Waals surface area contributed by atoms with E-state index in [2.05, 4.69) is 10.4 Å². The van der Waals surface area contributed by atoms with Crippen LogP contribution < -0.4 is 5.32 Å². The number of nitrogens with one attached hydrogen (secondary N) is 1. The van der Waals surface area contributed by atoms with Gasteiger partial charge in [0.15, 0.2) is 0 Å². The first-order valence-electron chi connectivity index (χ1n) is 9.34. The molecule has 0 atom stereocenters. The van der Waals surface area contributed by atoms with Crippen LogP contribution in [0.4, 0.5) is 10.1 Å². The molecule has 0 saturated carbocycles. The highest BCUT2D eigenvalue weighted by molar-refractivity contribution is 6.08. The van der Waals surface area contributed by atoms with E-state index >= 15 is 0 Å². The van der Waals surface area contributed by atoms with Gasteiger partial charge >= 0.3 is 0 Å². The second-order valence-corrected chi connectivity index (χ2v) is 6.87. The number of benzene rings is 3. The fraction of sp³-hybridized carbons (Fsp3) is 0.0833. The summed E-state index contributed by atoms with van der Waals surface area (Å²) in [6.45, 7) is 2.54. The normalized spacial score (nSPS) is 10.7. The number of aryl methyl sites for hydroxylation is 1. The van der Waals surface area contributed by atoms with Crippen molar-refractivity contribution >= 4 is 11.6 Å². The van der Waals surface area contributed by atoms with Crippen LogP contribution in [0.3, 0.4) is 0 Å². The number of hydrogen-bond donors (Lipinski definition) is 1. The van der Waals surface area contributed by atoms with Gasteiger partial charge in [-0.1, -0.05) is 72.3 Å². The topological polar surface area (TPSA) is 46.9 Å². The van der Waals surface area contributed by atoms with Gasteiger partial charge in [-0.3, -0.25) is 9.48 Å². The zero-order valence-electron chi connectivity index (χ0n) is 16.0. The van der Waals surface area contributed by atoms with Crippen molar-refractivity contribution in [3.8, 4) is 11.3 Å². The fourth-order valence-electron chi connectivity index (χ4n) is 3.12. The molecule has 4 rings (SSSR count). The molecular formula is C24H20FN3O. The van der Waals surface area contributed by atoms with Crippen LogP contribution in [-0.4, -0.2) is 15.7 Å². The summed E-state index contributed by atoms with van der Waals surface area (Å²) in [5.41, 5.74) is 4.13. The molecule has 1 amide bonds. The number of carbonyl (C=O) groups is 1. The molecule has 0 aliphatic carbocycles. The average Bonchev–Trinajstić information content (AvgIpc) is 3.15. The van der Waals surface area contributed by atoms with E-state index in [4.69, 9.17) is 0 Å². The number of nitrogens with zero attached hydrogens (tertiary/aromatic N) is 2. The lowest BCUT2D eigenvalue weighted by Gasteiger charge is -2.06. The van der Waals surface area contributed by atoms with Crippen LogP contribution in [0.15, 0.2) is 85.1 Å². The van der Waals surface area contributed by atoms with E-state index in [0.717, 1.165) is 16.7 Å². The molecule has 1 N–H and O–H groups in total.